The number of hydrogen-bond acceptors (Lipinski definition) is 1. The van der Waals surface area contributed by atoms with Crippen LogP contribution in [0.25, 0.3) is 0 Å². The topological polar surface area (TPSA) is 29.1 Å². The van der Waals surface area contributed by atoms with Crippen LogP contribution in [0.15, 0.2) is 0 Å². The van der Waals surface area contributed by atoms with Crippen LogP contribution in [-0.2, 0) is 4.79 Å². The number of hydrogen-bond donors (Lipinski definition) is 1. The van der Waals surface area contributed by atoms with Crippen molar-refractivity contribution in [2.75, 3.05) is 5.88 Å². The predicted molar refractivity (Wildman–Crippen MR) is 68.8 cm³/mol. The molecule has 1 aliphatic carbocycles. The second kappa shape index (κ2) is 7.94. The summed E-state index contributed by atoms with van der Waals surface area (Å²) in [7, 11) is 0. The SMILES string of the molecule is CCC(CCl)NC(=O)C1CCCCCCC1. The molecule has 16 heavy (non-hydrogen) atoms. The van der Waals surface area contributed by atoms with Crippen LogP contribution in [0.4, 0.5) is 0 Å². The highest BCUT2D eigenvalue weighted by molar-refractivity contribution is 6.18. The van der Waals surface area contributed by atoms with Gasteiger partial charge in [-0.2, -0.15) is 0 Å². The van der Waals surface area contributed by atoms with E-state index in [0.29, 0.717) is 5.88 Å². The van der Waals surface area contributed by atoms with Crippen LogP contribution in [-0.4, -0.2) is 17.8 Å². The lowest BCUT2D eigenvalue weighted by Gasteiger charge is -2.22. The molecule has 1 saturated carbocycles. The van der Waals surface area contributed by atoms with Gasteiger partial charge in [0.2, 0.25) is 5.91 Å². The van der Waals surface area contributed by atoms with E-state index in [9.17, 15) is 4.79 Å². The molecule has 0 saturated heterocycles. The van der Waals surface area contributed by atoms with Gasteiger partial charge in [0.1, 0.15) is 0 Å². The standard InChI is InChI=1S/C13H24ClNO/c1-2-12(10-14)15-13(16)11-8-6-4-3-5-7-9-11/h11-12H,2-10H2,1H3,(H,15,16). The molecule has 0 radical (unpaired) electrons. The Kier molecular flexibility index (Phi) is 6.86. The van der Waals surface area contributed by atoms with E-state index in [1.54, 1.807) is 0 Å². The third-order valence-electron chi connectivity index (χ3n) is 3.50. The van der Waals surface area contributed by atoms with Crippen molar-refractivity contribution in [2.45, 2.75) is 64.3 Å². The average Bonchev–Trinajstić information content (AvgIpc) is 2.25. The van der Waals surface area contributed by atoms with E-state index in [2.05, 4.69) is 12.2 Å². The van der Waals surface area contributed by atoms with Crippen molar-refractivity contribution in [1.29, 1.82) is 0 Å². The maximum atomic E-state index is 12.0. The molecule has 0 aromatic heterocycles. The molecule has 1 fully saturated rings. The van der Waals surface area contributed by atoms with E-state index in [0.717, 1.165) is 19.3 Å². The van der Waals surface area contributed by atoms with Crippen LogP contribution in [0.2, 0.25) is 0 Å². The summed E-state index contributed by atoms with van der Waals surface area (Å²) >= 11 is 5.79. The Hall–Kier alpha value is -0.240. The van der Waals surface area contributed by atoms with Crippen molar-refractivity contribution in [3.05, 3.63) is 0 Å². The highest BCUT2D eigenvalue weighted by Crippen LogP contribution is 2.22. The van der Waals surface area contributed by atoms with Gasteiger partial charge >= 0.3 is 0 Å². The van der Waals surface area contributed by atoms with Crippen LogP contribution in [0.5, 0.6) is 0 Å². The van der Waals surface area contributed by atoms with Crippen molar-refractivity contribution < 1.29 is 4.79 Å². The molecule has 1 aliphatic rings. The molecule has 0 heterocycles. The number of nitrogens with one attached hydrogen (secondary N) is 1. The summed E-state index contributed by atoms with van der Waals surface area (Å²) < 4.78 is 0. The molecular formula is C13H24ClNO. The molecule has 1 N–H and O–H groups in total. The summed E-state index contributed by atoms with van der Waals surface area (Å²) in [5.74, 6) is 0.988. The normalized spacial score (nSPS) is 20.9. The Morgan fingerprint density at radius 1 is 1.25 bits per heavy atom. The molecule has 1 atom stereocenters. The summed E-state index contributed by atoms with van der Waals surface area (Å²) in [6, 6.07) is 0.152. The van der Waals surface area contributed by atoms with Gasteiger partial charge in [0.05, 0.1) is 0 Å². The summed E-state index contributed by atoms with van der Waals surface area (Å²) in [6.07, 6.45) is 9.36. The monoisotopic (exact) mass is 245 g/mol. The first-order valence-corrected chi connectivity index (χ1v) is 7.17. The third-order valence-corrected chi connectivity index (χ3v) is 3.87. The molecule has 3 heteroatoms. The Morgan fingerprint density at radius 2 is 1.81 bits per heavy atom. The molecule has 0 spiro atoms. The van der Waals surface area contributed by atoms with E-state index < -0.39 is 0 Å². The first-order chi connectivity index (χ1) is 7.77. The van der Waals surface area contributed by atoms with Gasteiger partial charge in [0.25, 0.3) is 0 Å². The first kappa shape index (κ1) is 13.8. The Balaban J connectivity index is 2.37. The smallest absolute Gasteiger partial charge is 0.223 e. The van der Waals surface area contributed by atoms with E-state index in [1.165, 1.54) is 32.1 Å². The number of rotatable bonds is 4. The molecule has 2 nitrogen and oxygen atoms in total. The minimum Gasteiger partial charge on any atom is -0.352 e. The van der Waals surface area contributed by atoms with Gasteiger partial charge in [-0.1, -0.05) is 39.0 Å². The molecule has 0 aromatic rings. The fraction of sp³-hybridized carbons (Fsp3) is 0.923. The highest BCUT2D eigenvalue weighted by Gasteiger charge is 2.20. The maximum absolute atomic E-state index is 12.0. The van der Waals surface area contributed by atoms with Gasteiger partial charge in [-0.25, -0.2) is 0 Å². The van der Waals surface area contributed by atoms with Crippen LogP contribution in [0.1, 0.15) is 58.3 Å². The van der Waals surface area contributed by atoms with E-state index in [-0.39, 0.29) is 17.9 Å². The summed E-state index contributed by atoms with van der Waals surface area (Å²) in [5.41, 5.74) is 0. The van der Waals surface area contributed by atoms with Gasteiger partial charge < -0.3 is 5.32 Å². The maximum Gasteiger partial charge on any atom is 0.223 e. The lowest BCUT2D eigenvalue weighted by Crippen LogP contribution is -2.39. The number of carbonyl (C=O) groups is 1. The van der Waals surface area contributed by atoms with Crippen LogP contribution >= 0.6 is 11.6 Å². The van der Waals surface area contributed by atoms with Gasteiger partial charge in [0.15, 0.2) is 0 Å². The van der Waals surface area contributed by atoms with Gasteiger partial charge in [0, 0.05) is 17.8 Å². The molecule has 1 unspecified atom stereocenters. The second-order valence-electron chi connectivity index (χ2n) is 4.81. The van der Waals surface area contributed by atoms with Crippen LogP contribution in [0.3, 0.4) is 0 Å². The fourth-order valence-electron chi connectivity index (χ4n) is 2.29. The van der Waals surface area contributed by atoms with Gasteiger partial charge in [-0.15, -0.1) is 11.6 Å². The lowest BCUT2D eigenvalue weighted by molar-refractivity contribution is -0.126. The van der Waals surface area contributed by atoms with E-state index in [1.807, 2.05) is 0 Å². The number of halogens is 1. The van der Waals surface area contributed by atoms with Gasteiger partial charge in [-0.3, -0.25) is 4.79 Å². The van der Waals surface area contributed by atoms with E-state index in [4.69, 9.17) is 11.6 Å². The van der Waals surface area contributed by atoms with Gasteiger partial charge in [-0.05, 0) is 19.3 Å². The highest BCUT2D eigenvalue weighted by atomic mass is 35.5. The average molecular weight is 246 g/mol. The lowest BCUT2D eigenvalue weighted by atomic mass is 9.90. The van der Waals surface area contributed by atoms with Crippen molar-refractivity contribution in [3.63, 3.8) is 0 Å². The van der Waals surface area contributed by atoms with Crippen LogP contribution in [0, 0.1) is 5.92 Å². The zero-order valence-electron chi connectivity index (χ0n) is 10.3. The minimum absolute atomic E-state index is 0.152. The summed E-state index contributed by atoms with van der Waals surface area (Å²) in [5, 5.41) is 3.06. The zero-order valence-corrected chi connectivity index (χ0v) is 11.1. The Labute approximate surface area is 104 Å². The van der Waals surface area contributed by atoms with Crippen molar-refractivity contribution in [2.24, 2.45) is 5.92 Å². The zero-order chi connectivity index (χ0) is 11.8. The third kappa shape index (κ3) is 4.73. The second-order valence-corrected chi connectivity index (χ2v) is 5.12. The number of carbonyl (C=O) groups excluding carboxylic acids is 1. The van der Waals surface area contributed by atoms with Crippen molar-refractivity contribution in [1.82, 2.24) is 5.32 Å². The van der Waals surface area contributed by atoms with Crippen molar-refractivity contribution >= 4 is 17.5 Å². The molecule has 1 amide bonds. The Morgan fingerprint density at radius 3 is 2.31 bits per heavy atom. The van der Waals surface area contributed by atoms with Crippen molar-refractivity contribution in [3.8, 4) is 0 Å². The summed E-state index contributed by atoms with van der Waals surface area (Å²) in [6.45, 7) is 2.06. The molecule has 1 rings (SSSR count). The molecule has 0 aromatic carbocycles. The molecular weight excluding hydrogens is 222 g/mol. The Bertz CT molecular complexity index is 196. The number of alkyl halides is 1. The largest absolute Gasteiger partial charge is 0.352 e. The molecule has 94 valence electrons. The van der Waals surface area contributed by atoms with E-state index >= 15 is 0 Å². The number of amides is 1. The first-order valence-electron chi connectivity index (χ1n) is 6.64. The summed E-state index contributed by atoms with van der Waals surface area (Å²) in [4.78, 5) is 12.0. The quantitative estimate of drug-likeness (QED) is 0.755. The molecule has 0 bridgehead atoms. The molecule has 0 aliphatic heterocycles. The predicted octanol–water partition coefficient (Wildman–Crippen LogP) is 3.48. The van der Waals surface area contributed by atoms with Crippen LogP contribution < -0.4 is 5.32 Å². The fourth-order valence-corrected chi connectivity index (χ4v) is 2.58. The minimum atomic E-state index is 0.152.